The van der Waals surface area contributed by atoms with Gasteiger partial charge in [0.25, 0.3) is 0 Å². The average Bonchev–Trinajstić information content (AvgIpc) is 3.04. The molecule has 1 aromatic rings. The maximum Gasteiger partial charge on any atom is 0.146 e. The van der Waals surface area contributed by atoms with Gasteiger partial charge in [0.05, 0.1) is 5.69 Å². The van der Waals surface area contributed by atoms with Crippen LogP contribution in [-0.4, -0.2) is 20.1 Å². The predicted molar refractivity (Wildman–Crippen MR) is 83.5 cm³/mol. The molecule has 1 aromatic carbocycles. The molecule has 112 valence electrons. The highest BCUT2D eigenvalue weighted by molar-refractivity contribution is 5.48. The highest BCUT2D eigenvalue weighted by Crippen LogP contribution is 2.38. The van der Waals surface area contributed by atoms with Crippen LogP contribution in [0.5, 0.6) is 0 Å². The molecular formula is C17H27FN2. The summed E-state index contributed by atoms with van der Waals surface area (Å²) in [5.41, 5.74) is 1.73. The lowest BCUT2D eigenvalue weighted by molar-refractivity contribution is 0.550. The van der Waals surface area contributed by atoms with Gasteiger partial charge in [-0.1, -0.05) is 26.8 Å². The van der Waals surface area contributed by atoms with E-state index in [0.717, 1.165) is 42.7 Å². The molecule has 2 unspecified atom stereocenters. The van der Waals surface area contributed by atoms with Crippen molar-refractivity contribution in [1.29, 1.82) is 0 Å². The minimum absolute atomic E-state index is 0.107. The second-order valence-corrected chi connectivity index (χ2v) is 6.66. The van der Waals surface area contributed by atoms with E-state index in [9.17, 15) is 4.39 Å². The second-order valence-electron chi connectivity index (χ2n) is 6.66. The van der Waals surface area contributed by atoms with Gasteiger partial charge in [0.2, 0.25) is 0 Å². The largest absolute Gasteiger partial charge is 0.372 e. The van der Waals surface area contributed by atoms with Crippen LogP contribution in [0.4, 0.5) is 10.1 Å². The van der Waals surface area contributed by atoms with Crippen LogP contribution in [0.2, 0.25) is 0 Å². The molecule has 0 amide bonds. The van der Waals surface area contributed by atoms with Crippen LogP contribution in [0.1, 0.15) is 32.8 Å². The van der Waals surface area contributed by atoms with Crippen LogP contribution in [0.25, 0.3) is 0 Å². The number of halogens is 1. The fraction of sp³-hybridized carbons (Fsp3) is 0.647. The Morgan fingerprint density at radius 1 is 1.40 bits per heavy atom. The number of hydrogen-bond donors (Lipinski definition) is 1. The van der Waals surface area contributed by atoms with Gasteiger partial charge in [0.1, 0.15) is 5.82 Å². The normalized spacial score (nSPS) is 21.3. The first kappa shape index (κ1) is 15.3. The molecule has 0 heterocycles. The Kier molecular flexibility index (Phi) is 5.03. The van der Waals surface area contributed by atoms with Crippen LogP contribution >= 0.6 is 0 Å². The number of rotatable bonds is 7. The maximum atomic E-state index is 14.2. The molecule has 0 saturated heterocycles. The van der Waals surface area contributed by atoms with Crippen molar-refractivity contribution in [3.63, 3.8) is 0 Å². The fourth-order valence-electron chi connectivity index (χ4n) is 2.58. The van der Waals surface area contributed by atoms with E-state index < -0.39 is 0 Å². The van der Waals surface area contributed by atoms with Crippen molar-refractivity contribution >= 4 is 5.69 Å². The van der Waals surface area contributed by atoms with E-state index in [2.05, 4.69) is 31.0 Å². The summed E-state index contributed by atoms with van der Waals surface area (Å²) in [6, 6.07) is 5.60. The SMILES string of the molecule is CC(C)CNCc1ccc(N(C)CC2CC2C)c(F)c1. The number of anilines is 1. The molecule has 1 N–H and O–H groups in total. The standard InChI is InChI=1S/C17H27FN2/c1-12(2)9-19-10-14-5-6-17(16(18)8-14)20(4)11-15-7-13(15)3/h5-6,8,12-13,15,19H,7,9-11H2,1-4H3. The van der Waals surface area contributed by atoms with E-state index in [0.29, 0.717) is 5.92 Å². The Hall–Kier alpha value is -1.09. The van der Waals surface area contributed by atoms with Crippen LogP contribution in [0, 0.1) is 23.6 Å². The molecular weight excluding hydrogens is 251 g/mol. The lowest BCUT2D eigenvalue weighted by Crippen LogP contribution is -2.22. The van der Waals surface area contributed by atoms with Crippen molar-refractivity contribution in [3.05, 3.63) is 29.6 Å². The van der Waals surface area contributed by atoms with Crippen molar-refractivity contribution < 1.29 is 4.39 Å². The van der Waals surface area contributed by atoms with E-state index in [1.807, 2.05) is 19.2 Å². The number of nitrogens with zero attached hydrogens (tertiary/aromatic N) is 1. The van der Waals surface area contributed by atoms with Crippen molar-refractivity contribution in [3.8, 4) is 0 Å². The molecule has 2 nitrogen and oxygen atoms in total. The van der Waals surface area contributed by atoms with Gasteiger partial charge in [-0.15, -0.1) is 0 Å². The van der Waals surface area contributed by atoms with Gasteiger partial charge in [-0.2, -0.15) is 0 Å². The van der Waals surface area contributed by atoms with Gasteiger partial charge < -0.3 is 10.2 Å². The van der Waals surface area contributed by atoms with Gasteiger partial charge in [0.15, 0.2) is 0 Å². The Balaban J connectivity index is 1.91. The first-order chi connectivity index (χ1) is 9.47. The highest BCUT2D eigenvalue weighted by atomic mass is 19.1. The van der Waals surface area contributed by atoms with Crippen LogP contribution in [-0.2, 0) is 6.54 Å². The third-order valence-electron chi connectivity index (χ3n) is 4.09. The number of nitrogens with one attached hydrogen (secondary N) is 1. The zero-order valence-electron chi connectivity index (χ0n) is 13.1. The molecule has 0 aromatic heterocycles. The first-order valence-corrected chi connectivity index (χ1v) is 7.67. The summed E-state index contributed by atoms with van der Waals surface area (Å²) in [5.74, 6) is 2.06. The summed E-state index contributed by atoms with van der Waals surface area (Å²) >= 11 is 0. The second kappa shape index (κ2) is 6.57. The predicted octanol–water partition coefficient (Wildman–Crippen LogP) is 3.66. The molecule has 1 saturated carbocycles. The Bertz CT molecular complexity index is 445. The van der Waals surface area contributed by atoms with Gasteiger partial charge in [0, 0.05) is 20.1 Å². The maximum absolute atomic E-state index is 14.2. The summed E-state index contributed by atoms with van der Waals surface area (Å²) in [5, 5.41) is 3.34. The Morgan fingerprint density at radius 2 is 2.10 bits per heavy atom. The third-order valence-corrected chi connectivity index (χ3v) is 4.09. The first-order valence-electron chi connectivity index (χ1n) is 7.67. The van der Waals surface area contributed by atoms with Crippen LogP contribution < -0.4 is 10.2 Å². The smallest absolute Gasteiger partial charge is 0.146 e. The molecule has 1 aliphatic carbocycles. The zero-order chi connectivity index (χ0) is 14.7. The van der Waals surface area contributed by atoms with E-state index in [4.69, 9.17) is 0 Å². The zero-order valence-corrected chi connectivity index (χ0v) is 13.1. The highest BCUT2D eigenvalue weighted by Gasteiger charge is 2.33. The van der Waals surface area contributed by atoms with Crippen molar-refractivity contribution in [1.82, 2.24) is 5.32 Å². The molecule has 1 aliphatic rings. The van der Waals surface area contributed by atoms with E-state index in [1.165, 1.54) is 6.42 Å². The number of hydrogen-bond acceptors (Lipinski definition) is 2. The summed E-state index contributed by atoms with van der Waals surface area (Å²) < 4.78 is 14.2. The molecule has 2 rings (SSSR count). The van der Waals surface area contributed by atoms with Gasteiger partial charge in [-0.3, -0.25) is 0 Å². The summed E-state index contributed by atoms with van der Waals surface area (Å²) in [4.78, 5) is 2.05. The van der Waals surface area contributed by atoms with Crippen molar-refractivity contribution in [2.75, 3.05) is 25.0 Å². The average molecular weight is 278 g/mol. The third kappa shape index (κ3) is 4.20. The van der Waals surface area contributed by atoms with Crippen LogP contribution in [0.15, 0.2) is 18.2 Å². The van der Waals surface area contributed by atoms with Gasteiger partial charge in [-0.05, 0) is 48.4 Å². The fourth-order valence-corrected chi connectivity index (χ4v) is 2.58. The summed E-state index contributed by atoms with van der Waals surface area (Å²) in [6.45, 7) is 9.26. The molecule has 0 bridgehead atoms. The lowest BCUT2D eigenvalue weighted by Gasteiger charge is -2.20. The summed E-state index contributed by atoms with van der Waals surface area (Å²) in [7, 11) is 1.99. The van der Waals surface area contributed by atoms with E-state index in [1.54, 1.807) is 6.07 Å². The van der Waals surface area contributed by atoms with Crippen LogP contribution in [0.3, 0.4) is 0 Å². The molecule has 20 heavy (non-hydrogen) atoms. The molecule has 0 spiro atoms. The monoisotopic (exact) mass is 278 g/mol. The Morgan fingerprint density at radius 3 is 2.65 bits per heavy atom. The molecule has 1 fully saturated rings. The molecule has 3 heteroatoms. The Labute approximate surface area is 122 Å². The topological polar surface area (TPSA) is 15.3 Å². The lowest BCUT2D eigenvalue weighted by atomic mass is 10.1. The molecule has 0 aliphatic heterocycles. The van der Waals surface area contributed by atoms with E-state index in [-0.39, 0.29) is 5.82 Å². The van der Waals surface area contributed by atoms with E-state index >= 15 is 0 Å². The molecule has 2 atom stereocenters. The minimum Gasteiger partial charge on any atom is -0.372 e. The van der Waals surface area contributed by atoms with Crippen molar-refractivity contribution in [2.45, 2.75) is 33.7 Å². The summed E-state index contributed by atoms with van der Waals surface area (Å²) in [6.07, 6.45) is 1.28. The molecule has 0 radical (unpaired) electrons. The number of benzene rings is 1. The minimum atomic E-state index is -0.107. The van der Waals surface area contributed by atoms with Crippen molar-refractivity contribution in [2.24, 2.45) is 17.8 Å². The van der Waals surface area contributed by atoms with Gasteiger partial charge in [-0.25, -0.2) is 4.39 Å². The van der Waals surface area contributed by atoms with Gasteiger partial charge >= 0.3 is 0 Å². The quantitative estimate of drug-likeness (QED) is 0.819.